The lowest BCUT2D eigenvalue weighted by molar-refractivity contribution is 0.597. The number of hydrogen-bond donors (Lipinski definition) is 2. The van der Waals surface area contributed by atoms with E-state index in [0.717, 1.165) is 27.9 Å². The maximum absolute atomic E-state index is 11.7. The highest BCUT2D eigenvalue weighted by Crippen LogP contribution is 2.22. The molecule has 4 rings (SSSR count). The van der Waals surface area contributed by atoms with Gasteiger partial charge >= 0.3 is 0 Å². The van der Waals surface area contributed by atoms with Gasteiger partial charge in [-0.2, -0.15) is 5.10 Å². The summed E-state index contributed by atoms with van der Waals surface area (Å²) in [4.78, 5) is 8.86. The van der Waals surface area contributed by atoms with Crippen LogP contribution >= 0.6 is 0 Å². The van der Waals surface area contributed by atoms with Crippen molar-refractivity contribution in [2.45, 2.75) is 25.2 Å². The van der Waals surface area contributed by atoms with Gasteiger partial charge in [-0.3, -0.25) is 4.68 Å². The van der Waals surface area contributed by atoms with Gasteiger partial charge in [0.1, 0.15) is 0 Å². The molecule has 0 saturated heterocycles. The smallest absolute Gasteiger partial charge is 0.238 e. The molecule has 30 heavy (non-hydrogen) atoms. The number of primary sulfonamides is 1. The van der Waals surface area contributed by atoms with Crippen LogP contribution in [0.25, 0.3) is 10.9 Å². The third-order valence-electron chi connectivity index (χ3n) is 5.04. The van der Waals surface area contributed by atoms with E-state index in [9.17, 15) is 8.42 Å². The maximum atomic E-state index is 11.7. The molecule has 0 fully saturated rings. The molecule has 9 heteroatoms. The van der Waals surface area contributed by atoms with Crippen molar-refractivity contribution in [1.29, 1.82) is 0 Å². The molecule has 0 aliphatic rings. The Kier molecular flexibility index (Phi) is 5.00. The van der Waals surface area contributed by atoms with Crippen LogP contribution in [0.1, 0.15) is 22.5 Å². The Morgan fingerprint density at radius 2 is 1.90 bits per heavy atom. The molecule has 0 bridgehead atoms. The summed E-state index contributed by atoms with van der Waals surface area (Å²) in [5, 5.41) is 14.0. The normalized spacial score (nSPS) is 11.7. The van der Waals surface area contributed by atoms with E-state index in [4.69, 9.17) is 5.14 Å². The van der Waals surface area contributed by atoms with Crippen LogP contribution < -0.4 is 10.5 Å². The molecule has 2 heterocycles. The molecule has 0 aliphatic heterocycles. The second-order valence-corrected chi connectivity index (χ2v) is 8.79. The van der Waals surface area contributed by atoms with Gasteiger partial charge in [-0.1, -0.05) is 18.2 Å². The molecular weight excluding hydrogens is 400 g/mol. The Bertz CT molecular complexity index is 1360. The van der Waals surface area contributed by atoms with E-state index >= 15 is 0 Å². The number of anilines is 2. The molecule has 0 saturated carbocycles. The number of nitrogens with two attached hydrogens (primary N) is 1. The summed E-state index contributed by atoms with van der Waals surface area (Å²) in [5.74, 6) is 0.381. The molecule has 2 aromatic carbocycles. The topological polar surface area (TPSA) is 116 Å². The van der Waals surface area contributed by atoms with Gasteiger partial charge in [-0.05, 0) is 49.2 Å². The minimum Gasteiger partial charge on any atom is -0.324 e. The first kappa shape index (κ1) is 20.0. The number of rotatable bonds is 5. The van der Waals surface area contributed by atoms with E-state index in [-0.39, 0.29) is 4.90 Å². The van der Waals surface area contributed by atoms with E-state index in [1.54, 1.807) is 25.3 Å². The highest BCUT2D eigenvalue weighted by Gasteiger charge is 2.13. The summed E-state index contributed by atoms with van der Waals surface area (Å²) >= 11 is 0. The maximum Gasteiger partial charge on any atom is 0.238 e. The lowest BCUT2D eigenvalue weighted by atomic mass is 10.1. The Morgan fingerprint density at radius 3 is 2.67 bits per heavy atom. The Morgan fingerprint density at radius 1 is 1.10 bits per heavy atom. The zero-order valence-electron chi connectivity index (χ0n) is 16.9. The Labute approximate surface area is 174 Å². The van der Waals surface area contributed by atoms with Crippen LogP contribution in [0, 0.1) is 13.8 Å². The lowest BCUT2D eigenvalue weighted by Gasteiger charge is -2.09. The third-order valence-corrected chi connectivity index (χ3v) is 6.10. The van der Waals surface area contributed by atoms with Crippen molar-refractivity contribution in [3.8, 4) is 0 Å². The summed E-state index contributed by atoms with van der Waals surface area (Å²) in [6.07, 6.45) is 2.29. The number of aromatic nitrogens is 4. The predicted octanol–water partition coefficient (Wildman–Crippen LogP) is 2.96. The van der Waals surface area contributed by atoms with E-state index in [0.29, 0.717) is 23.6 Å². The number of nitrogens with zero attached hydrogens (tertiary/aromatic N) is 4. The van der Waals surface area contributed by atoms with Gasteiger partial charge in [0.25, 0.3) is 0 Å². The molecule has 8 nitrogen and oxygen atoms in total. The molecule has 0 amide bonds. The van der Waals surface area contributed by atoms with E-state index < -0.39 is 10.0 Å². The van der Waals surface area contributed by atoms with Crippen molar-refractivity contribution in [1.82, 2.24) is 19.7 Å². The van der Waals surface area contributed by atoms with Crippen LogP contribution in [0.15, 0.2) is 53.6 Å². The van der Waals surface area contributed by atoms with Crippen molar-refractivity contribution < 1.29 is 8.42 Å². The van der Waals surface area contributed by atoms with Gasteiger partial charge in [-0.15, -0.1) is 0 Å². The third kappa shape index (κ3) is 4.03. The molecule has 2 aromatic heterocycles. The number of hydrogen-bond acceptors (Lipinski definition) is 6. The van der Waals surface area contributed by atoms with E-state index in [1.165, 1.54) is 6.07 Å². The average molecular weight is 423 g/mol. The zero-order valence-corrected chi connectivity index (χ0v) is 17.7. The summed E-state index contributed by atoms with van der Waals surface area (Å²) < 4.78 is 25.4. The summed E-state index contributed by atoms with van der Waals surface area (Å²) in [5.41, 5.74) is 5.14. The number of aryl methyl sites for hydroxylation is 3. The van der Waals surface area contributed by atoms with Gasteiger partial charge in [0, 0.05) is 36.4 Å². The SMILES string of the molecule is Cc1ccc(Nc2nccc(Cc3ccc4c(C)n(C)nc4c3)n2)cc1S(N)(=O)=O. The minimum absolute atomic E-state index is 0.0719. The number of nitrogens with one attached hydrogen (secondary N) is 1. The molecule has 3 N–H and O–H groups in total. The standard InChI is InChI=1S/C21H22N6O2S/c1-13-4-6-16(12-20(13)30(22,28)29)24-21-23-9-8-17(25-21)10-15-5-7-18-14(2)27(3)26-19(18)11-15/h4-9,11-12H,10H2,1-3H3,(H2,22,28,29)(H,23,24,25). The van der Waals surface area contributed by atoms with Crippen molar-refractivity contribution in [2.75, 3.05) is 5.32 Å². The quantitative estimate of drug-likeness (QED) is 0.511. The van der Waals surface area contributed by atoms with Gasteiger partial charge < -0.3 is 5.32 Å². The fourth-order valence-electron chi connectivity index (χ4n) is 3.36. The molecular formula is C21H22N6O2S. The molecule has 0 unspecified atom stereocenters. The second-order valence-electron chi connectivity index (χ2n) is 7.26. The summed E-state index contributed by atoms with van der Waals surface area (Å²) in [6.45, 7) is 3.74. The predicted molar refractivity (Wildman–Crippen MR) is 116 cm³/mol. The molecule has 0 aliphatic carbocycles. The van der Waals surface area contributed by atoms with Crippen LogP contribution in [0.5, 0.6) is 0 Å². The number of benzene rings is 2. The average Bonchev–Trinajstić information content (AvgIpc) is 2.96. The molecule has 4 aromatic rings. The summed E-state index contributed by atoms with van der Waals surface area (Å²) in [7, 11) is -1.87. The first-order valence-electron chi connectivity index (χ1n) is 9.35. The van der Waals surface area contributed by atoms with Crippen LogP contribution in [-0.4, -0.2) is 28.2 Å². The van der Waals surface area contributed by atoms with Crippen molar-refractivity contribution in [2.24, 2.45) is 12.2 Å². The van der Waals surface area contributed by atoms with E-state index in [1.807, 2.05) is 24.7 Å². The highest BCUT2D eigenvalue weighted by molar-refractivity contribution is 7.89. The first-order chi connectivity index (χ1) is 14.2. The van der Waals surface area contributed by atoms with Gasteiger partial charge in [0.2, 0.25) is 16.0 Å². The van der Waals surface area contributed by atoms with Crippen LogP contribution in [0.4, 0.5) is 11.6 Å². The second kappa shape index (κ2) is 7.51. The monoisotopic (exact) mass is 422 g/mol. The fourth-order valence-corrected chi connectivity index (χ4v) is 4.17. The lowest BCUT2D eigenvalue weighted by Crippen LogP contribution is -2.14. The van der Waals surface area contributed by atoms with Crippen LogP contribution in [0.3, 0.4) is 0 Å². The van der Waals surface area contributed by atoms with Crippen LogP contribution in [0.2, 0.25) is 0 Å². The molecule has 0 radical (unpaired) electrons. The molecule has 0 atom stereocenters. The fraction of sp³-hybridized carbons (Fsp3) is 0.190. The largest absolute Gasteiger partial charge is 0.324 e. The summed E-state index contributed by atoms with van der Waals surface area (Å²) in [6, 6.07) is 13.0. The van der Waals surface area contributed by atoms with Crippen LogP contribution in [-0.2, 0) is 23.5 Å². The number of fused-ring (bicyclic) bond motifs is 1. The van der Waals surface area contributed by atoms with Gasteiger partial charge in [-0.25, -0.2) is 23.5 Å². The first-order valence-corrected chi connectivity index (χ1v) is 10.9. The Hall–Kier alpha value is -3.30. The minimum atomic E-state index is -3.80. The number of sulfonamides is 1. The van der Waals surface area contributed by atoms with Crippen molar-refractivity contribution in [3.05, 3.63) is 71.2 Å². The van der Waals surface area contributed by atoms with Crippen molar-refractivity contribution >= 4 is 32.6 Å². The van der Waals surface area contributed by atoms with Gasteiger partial charge in [0.15, 0.2) is 0 Å². The van der Waals surface area contributed by atoms with Gasteiger partial charge in [0.05, 0.1) is 16.1 Å². The Balaban J connectivity index is 1.58. The molecule has 154 valence electrons. The zero-order chi connectivity index (χ0) is 21.5. The molecule has 0 spiro atoms. The van der Waals surface area contributed by atoms with E-state index in [2.05, 4.69) is 38.6 Å². The van der Waals surface area contributed by atoms with Crippen molar-refractivity contribution in [3.63, 3.8) is 0 Å². The highest BCUT2D eigenvalue weighted by atomic mass is 32.2.